The maximum Gasteiger partial charge on any atom is 0.325 e. The highest BCUT2D eigenvalue weighted by molar-refractivity contribution is 5.93. The molecule has 0 aliphatic carbocycles. The van der Waals surface area contributed by atoms with Gasteiger partial charge in [0.15, 0.2) is 0 Å². The summed E-state index contributed by atoms with van der Waals surface area (Å²) in [6, 6.07) is -0.616. The van der Waals surface area contributed by atoms with Gasteiger partial charge < -0.3 is 10.6 Å². The molecule has 0 atom stereocenters. The summed E-state index contributed by atoms with van der Waals surface area (Å²) in [6.45, 7) is 7.53. The van der Waals surface area contributed by atoms with E-state index in [0.717, 1.165) is 19.3 Å². The first-order valence-corrected chi connectivity index (χ1v) is 6.00. The van der Waals surface area contributed by atoms with E-state index in [0.29, 0.717) is 19.6 Å². The lowest BCUT2D eigenvalue weighted by Crippen LogP contribution is -2.49. The van der Waals surface area contributed by atoms with Crippen molar-refractivity contribution in [2.75, 3.05) is 19.6 Å². The van der Waals surface area contributed by atoms with Gasteiger partial charge in [-0.2, -0.15) is 0 Å². The lowest BCUT2D eigenvalue weighted by Gasteiger charge is -2.20. The number of imide groups is 1. The zero-order valence-corrected chi connectivity index (χ0v) is 10.5. The minimum atomic E-state index is -0.308. The number of hydrogen-bond donors (Lipinski definition) is 2. The van der Waals surface area contributed by atoms with E-state index in [1.807, 2.05) is 20.8 Å². The van der Waals surface area contributed by atoms with Crippen LogP contribution in [0.4, 0.5) is 9.59 Å². The van der Waals surface area contributed by atoms with Gasteiger partial charge in [0.1, 0.15) is 0 Å². The Morgan fingerprint density at radius 2 is 1.31 bits per heavy atom. The Hall–Kier alpha value is -1.26. The third-order valence-corrected chi connectivity index (χ3v) is 1.99. The molecule has 0 aromatic heterocycles. The van der Waals surface area contributed by atoms with Gasteiger partial charge in [-0.3, -0.25) is 0 Å². The molecule has 0 heterocycles. The molecule has 5 nitrogen and oxygen atoms in total. The Morgan fingerprint density at radius 3 is 1.62 bits per heavy atom. The SMILES string of the molecule is CCCNC(=O)N(CCC)C(=O)NCCC. The smallest absolute Gasteiger partial charge is 0.325 e. The van der Waals surface area contributed by atoms with E-state index in [9.17, 15) is 9.59 Å². The molecule has 0 aliphatic heterocycles. The standard InChI is InChI=1S/C11H23N3O2/c1-4-7-12-10(15)14(9-6-3)11(16)13-8-5-2/h4-9H2,1-3H3,(H,12,15)(H,13,16). The molecule has 0 saturated heterocycles. The molecule has 0 radical (unpaired) electrons. The van der Waals surface area contributed by atoms with Crippen LogP contribution in [0, 0.1) is 0 Å². The number of nitrogens with zero attached hydrogens (tertiary/aromatic N) is 1. The van der Waals surface area contributed by atoms with Gasteiger partial charge in [0.2, 0.25) is 0 Å². The molecule has 0 saturated carbocycles. The first-order chi connectivity index (χ1) is 7.67. The summed E-state index contributed by atoms with van der Waals surface area (Å²) < 4.78 is 0. The summed E-state index contributed by atoms with van der Waals surface area (Å²) in [7, 11) is 0. The lowest BCUT2D eigenvalue weighted by molar-refractivity contribution is 0.185. The van der Waals surface area contributed by atoms with Crippen LogP contribution in [-0.2, 0) is 0 Å². The van der Waals surface area contributed by atoms with Crippen LogP contribution >= 0.6 is 0 Å². The topological polar surface area (TPSA) is 61.4 Å². The van der Waals surface area contributed by atoms with Gasteiger partial charge in [0, 0.05) is 19.6 Å². The number of carbonyl (C=O) groups excluding carboxylic acids is 2. The number of amides is 4. The molecule has 0 aromatic rings. The molecule has 0 aliphatic rings. The second-order valence-corrected chi connectivity index (χ2v) is 3.62. The Balaban J connectivity index is 4.22. The zero-order chi connectivity index (χ0) is 12.4. The molecule has 2 N–H and O–H groups in total. The number of nitrogens with one attached hydrogen (secondary N) is 2. The molecular weight excluding hydrogens is 206 g/mol. The summed E-state index contributed by atoms with van der Waals surface area (Å²) in [4.78, 5) is 24.5. The first kappa shape index (κ1) is 14.7. The first-order valence-electron chi connectivity index (χ1n) is 6.00. The fourth-order valence-corrected chi connectivity index (χ4v) is 1.17. The Bertz CT molecular complexity index is 199. The third-order valence-electron chi connectivity index (χ3n) is 1.99. The summed E-state index contributed by atoms with van der Waals surface area (Å²) in [6.07, 6.45) is 2.49. The summed E-state index contributed by atoms with van der Waals surface area (Å²) in [5.41, 5.74) is 0. The van der Waals surface area contributed by atoms with Crippen LogP contribution in [0.2, 0.25) is 0 Å². The van der Waals surface area contributed by atoms with E-state index in [1.165, 1.54) is 4.90 Å². The molecule has 16 heavy (non-hydrogen) atoms. The average Bonchev–Trinajstić information content (AvgIpc) is 2.29. The van der Waals surface area contributed by atoms with Crippen molar-refractivity contribution >= 4 is 12.1 Å². The van der Waals surface area contributed by atoms with Crippen LogP contribution < -0.4 is 10.6 Å². The van der Waals surface area contributed by atoms with Gasteiger partial charge in [-0.15, -0.1) is 0 Å². The average molecular weight is 229 g/mol. The van der Waals surface area contributed by atoms with Gasteiger partial charge in [-0.1, -0.05) is 20.8 Å². The molecule has 0 unspecified atom stereocenters. The van der Waals surface area contributed by atoms with Crippen molar-refractivity contribution < 1.29 is 9.59 Å². The van der Waals surface area contributed by atoms with Gasteiger partial charge in [0.05, 0.1) is 0 Å². The van der Waals surface area contributed by atoms with Crippen LogP contribution in [0.15, 0.2) is 0 Å². The van der Waals surface area contributed by atoms with E-state index in [4.69, 9.17) is 0 Å². The lowest BCUT2D eigenvalue weighted by atomic mass is 10.4. The Labute approximate surface area is 97.6 Å². The molecule has 0 spiro atoms. The van der Waals surface area contributed by atoms with Crippen molar-refractivity contribution in [2.24, 2.45) is 0 Å². The van der Waals surface area contributed by atoms with E-state index in [1.54, 1.807) is 0 Å². The molecule has 94 valence electrons. The summed E-state index contributed by atoms with van der Waals surface area (Å²) in [5.74, 6) is 0. The van der Waals surface area contributed by atoms with Crippen LogP contribution in [0.5, 0.6) is 0 Å². The van der Waals surface area contributed by atoms with Gasteiger partial charge >= 0.3 is 12.1 Å². The highest BCUT2D eigenvalue weighted by atomic mass is 16.2. The quantitative estimate of drug-likeness (QED) is 0.731. The predicted molar refractivity (Wildman–Crippen MR) is 64.4 cm³/mol. The number of hydrogen-bond acceptors (Lipinski definition) is 2. The van der Waals surface area contributed by atoms with Crippen molar-refractivity contribution in [3.8, 4) is 0 Å². The van der Waals surface area contributed by atoms with E-state index in [2.05, 4.69) is 10.6 Å². The van der Waals surface area contributed by atoms with Crippen LogP contribution in [0.25, 0.3) is 0 Å². The maximum atomic E-state index is 11.7. The minimum absolute atomic E-state index is 0.308. The second-order valence-electron chi connectivity index (χ2n) is 3.62. The fourth-order valence-electron chi connectivity index (χ4n) is 1.17. The van der Waals surface area contributed by atoms with Crippen LogP contribution in [-0.4, -0.2) is 36.6 Å². The van der Waals surface area contributed by atoms with E-state index in [-0.39, 0.29) is 12.1 Å². The fraction of sp³-hybridized carbons (Fsp3) is 0.818. The molecule has 0 rings (SSSR count). The van der Waals surface area contributed by atoms with Crippen molar-refractivity contribution in [1.29, 1.82) is 0 Å². The summed E-state index contributed by atoms with van der Waals surface area (Å²) in [5, 5.41) is 5.40. The van der Waals surface area contributed by atoms with Crippen molar-refractivity contribution in [1.82, 2.24) is 15.5 Å². The Morgan fingerprint density at radius 1 is 0.875 bits per heavy atom. The normalized spacial score (nSPS) is 9.69. The molecule has 0 fully saturated rings. The largest absolute Gasteiger partial charge is 0.338 e. The predicted octanol–water partition coefficient (Wildman–Crippen LogP) is 1.94. The maximum absolute atomic E-state index is 11.7. The molecule has 4 amide bonds. The van der Waals surface area contributed by atoms with E-state index >= 15 is 0 Å². The number of urea groups is 2. The van der Waals surface area contributed by atoms with Crippen LogP contribution in [0.3, 0.4) is 0 Å². The third kappa shape index (κ3) is 5.58. The second kappa shape index (κ2) is 9.00. The number of rotatable bonds is 6. The highest BCUT2D eigenvalue weighted by Gasteiger charge is 2.19. The monoisotopic (exact) mass is 229 g/mol. The van der Waals surface area contributed by atoms with Crippen molar-refractivity contribution in [2.45, 2.75) is 40.0 Å². The van der Waals surface area contributed by atoms with Gasteiger partial charge in [-0.25, -0.2) is 14.5 Å². The Kier molecular flexibility index (Phi) is 8.29. The number of carbonyl (C=O) groups is 2. The molecular formula is C11H23N3O2. The van der Waals surface area contributed by atoms with E-state index < -0.39 is 0 Å². The van der Waals surface area contributed by atoms with Gasteiger partial charge in [0.25, 0.3) is 0 Å². The summed E-state index contributed by atoms with van der Waals surface area (Å²) >= 11 is 0. The van der Waals surface area contributed by atoms with Crippen molar-refractivity contribution in [3.63, 3.8) is 0 Å². The van der Waals surface area contributed by atoms with Gasteiger partial charge in [-0.05, 0) is 19.3 Å². The van der Waals surface area contributed by atoms with Crippen LogP contribution in [0.1, 0.15) is 40.0 Å². The zero-order valence-electron chi connectivity index (χ0n) is 10.5. The molecule has 0 aromatic carbocycles. The minimum Gasteiger partial charge on any atom is -0.338 e. The highest BCUT2D eigenvalue weighted by Crippen LogP contribution is 1.94. The van der Waals surface area contributed by atoms with Crippen molar-refractivity contribution in [3.05, 3.63) is 0 Å². The molecule has 0 bridgehead atoms. The molecule has 5 heteroatoms.